The predicted octanol–water partition coefficient (Wildman–Crippen LogP) is 4.62. The van der Waals surface area contributed by atoms with Crippen molar-refractivity contribution >= 4 is 17.3 Å². The summed E-state index contributed by atoms with van der Waals surface area (Å²) in [6, 6.07) is 19.0. The number of para-hydroxylation sites is 2. The molecule has 0 spiro atoms. The molecule has 0 aliphatic carbocycles. The van der Waals surface area contributed by atoms with E-state index in [0.717, 1.165) is 17.8 Å². The van der Waals surface area contributed by atoms with Crippen molar-refractivity contribution in [3.05, 3.63) is 60.2 Å². The number of carbonyl (C=O) groups is 1. The minimum absolute atomic E-state index is 0.120. The van der Waals surface area contributed by atoms with Gasteiger partial charge in [-0.2, -0.15) is 0 Å². The molecular formula is C20H24N2O. The minimum Gasteiger partial charge on any atom is -0.378 e. The van der Waals surface area contributed by atoms with Crippen molar-refractivity contribution in [3.8, 4) is 0 Å². The Kier molecular flexibility index (Phi) is 4.37. The second kappa shape index (κ2) is 6.45. The number of fused-ring (bicyclic) bond motifs is 1. The standard InChI is InChI=1S/C20H24N2O/c1-4-18-14(2)20(21-16-10-6-5-7-11-16)17-12-8-9-13-19(17)22(18)15(3)23/h5-14,18,20-21H,4H2,1-3H3. The number of nitrogens with one attached hydrogen (secondary N) is 1. The lowest BCUT2D eigenvalue weighted by Gasteiger charge is -2.45. The van der Waals surface area contributed by atoms with E-state index in [1.54, 1.807) is 6.92 Å². The molecule has 3 unspecified atom stereocenters. The number of rotatable bonds is 3. The molecule has 23 heavy (non-hydrogen) atoms. The summed E-state index contributed by atoms with van der Waals surface area (Å²) in [6.07, 6.45) is 0.946. The highest BCUT2D eigenvalue weighted by Gasteiger charge is 2.39. The van der Waals surface area contributed by atoms with Crippen LogP contribution in [0.25, 0.3) is 0 Å². The second-order valence-corrected chi connectivity index (χ2v) is 6.27. The maximum absolute atomic E-state index is 12.2. The molecule has 0 fully saturated rings. The molecule has 120 valence electrons. The molecule has 2 aromatic carbocycles. The predicted molar refractivity (Wildman–Crippen MR) is 95.7 cm³/mol. The maximum Gasteiger partial charge on any atom is 0.224 e. The Morgan fingerprint density at radius 1 is 1.09 bits per heavy atom. The Balaban J connectivity index is 2.05. The molecule has 0 aromatic heterocycles. The van der Waals surface area contributed by atoms with Crippen LogP contribution in [0.2, 0.25) is 0 Å². The number of carbonyl (C=O) groups excluding carboxylic acids is 1. The van der Waals surface area contributed by atoms with Crippen molar-refractivity contribution in [1.29, 1.82) is 0 Å². The van der Waals surface area contributed by atoms with Gasteiger partial charge in [0.2, 0.25) is 5.91 Å². The molecule has 3 rings (SSSR count). The minimum atomic E-state index is 0.120. The van der Waals surface area contributed by atoms with Crippen molar-refractivity contribution in [3.63, 3.8) is 0 Å². The molecule has 1 N–H and O–H groups in total. The molecule has 3 nitrogen and oxygen atoms in total. The first kappa shape index (κ1) is 15.6. The summed E-state index contributed by atoms with van der Waals surface area (Å²) in [5, 5.41) is 3.67. The van der Waals surface area contributed by atoms with Crippen LogP contribution in [0.4, 0.5) is 11.4 Å². The third kappa shape index (κ3) is 2.83. The van der Waals surface area contributed by atoms with Gasteiger partial charge in [-0.15, -0.1) is 0 Å². The summed E-state index contributed by atoms with van der Waals surface area (Å²) >= 11 is 0. The molecule has 0 radical (unpaired) electrons. The summed E-state index contributed by atoms with van der Waals surface area (Å²) in [4.78, 5) is 14.2. The molecule has 2 aromatic rings. The lowest BCUT2D eigenvalue weighted by molar-refractivity contribution is -0.117. The zero-order valence-electron chi connectivity index (χ0n) is 14.0. The van der Waals surface area contributed by atoms with Gasteiger partial charge in [-0.25, -0.2) is 0 Å². The molecule has 3 atom stereocenters. The highest BCUT2D eigenvalue weighted by Crippen LogP contribution is 2.43. The van der Waals surface area contributed by atoms with Crippen LogP contribution in [-0.2, 0) is 4.79 Å². The van der Waals surface area contributed by atoms with E-state index in [4.69, 9.17) is 0 Å². The fourth-order valence-electron chi connectivity index (χ4n) is 3.77. The number of anilines is 2. The molecule has 1 amide bonds. The zero-order chi connectivity index (χ0) is 16.4. The Bertz CT molecular complexity index is 683. The van der Waals surface area contributed by atoms with Crippen LogP contribution < -0.4 is 10.2 Å². The molecule has 0 saturated heterocycles. The van der Waals surface area contributed by atoms with Gasteiger partial charge in [0.25, 0.3) is 0 Å². The van der Waals surface area contributed by atoms with Crippen molar-refractivity contribution in [2.75, 3.05) is 10.2 Å². The van der Waals surface area contributed by atoms with Crippen LogP contribution in [0.1, 0.15) is 38.8 Å². The first-order valence-electron chi connectivity index (χ1n) is 8.33. The Morgan fingerprint density at radius 3 is 2.39 bits per heavy atom. The van der Waals surface area contributed by atoms with E-state index in [2.05, 4.69) is 49.5 Å². The molecule has 0 saturated carbocycles. The van der Waals surface area contributed by atoms with Gasteiger partial charge in [0.1, 0.15) is 0 Å². The van der Waals surface area contributed by atoms with E-state index < -0.39 is 0 Å². The van der Waals surface area contributed by atoms with Crippen molar-refractivity contribution in [1.82, 2.24) is 0 Å². The Morgan fingerprint density at radius 2 is 1.74 bits per heavy atom. The monoisotopic (exact) mass is 308 g/mol. The number of hydrogen-bond acceptors (Lipinski definition) is 2. The Labute approximate surface area is 138 Å². The molecule has 1 aliphatic rings. The third-order valence-corrected chi connectivity index (χ3v) is 4.85. The highest BCUT2D eigenvalue weighted by atomic mass is 16.2. The van der Waals surface area contributed by atoms with Gasteiger partial charge in [0, 0.05) is 30.3 Å². The largest absolute Gasteiger partial charge is 0.378 e. The van der Waals surface area contributed by atoms with E-state index in [0.29, 0.717) is 5.92 Å². The van der Waals surface area contributed by atoms with Crippen LogP contribution in [0.3, 0.4) is 0 Å². The van der Waals surface area contributed by atoms with Gasteiger partial charge in [-0.1, -0.05) is 50.2 Å². The average Bonchev–Trinajstić information content (AvgIpc) is 2.57. The Hall–Kier alpha value is -2.29. The van der Waals surface area contributed by atoms with Gasteiger partial charge in [-0.05, 0) is 30.2 Å². The van der Waals surface area contributed by atoms with Crippen LogP contribution in [0.5, 0.6) is 0 Å². The number of benzene rings is 2. The maximum atomic E-state index is 12.2. The topological polar surface area (TPSA) is 32.3 Å². The summed E-state index contributed by atoms with van der Waals surface area (Å²) in [6.45, 7) is 6.06. The van der Waals surface area contributed by atoms with Gasteiger partial charge in [0.15, 0.2) is 0 Å². The molecule has 3 heteroatoms. The van der Waals surface area contributed by atoms with Crippen LogP contribution in [0.15, 0.2) is 54.6 Å². The first-order valence-corrected chi connectivity index (χ1v) is 8.33. The van der Waals surface area contributed by atoms with E-state index in [-0.39, 0.29) is 18.0 Å². The average molecular weight is 308 g/mol. The summed E-state index contributed by atoms with van der Waals surface area (Å²) < 4.78 is 0. The van der Waals surface area contributed by atoms with Crippen molar-refractivity contribution in [2.45, 2.75) is 39.3 Å². The highest BCUT2D eigenvalue weighted by molar-refractivity contribution is 5.94. The number of hydrogen-bond donors (Lipinski definition) is 1. The third-order valence-electron chi connectivity index (χ3n) is 4.85. The van der Waals surface area contributed by atoms with Crippen molar-refractivity contribution in [2.24, 2.45) is 5.92 Å². The summed E-state index contributed by atoms with van der Waals surface area (Å²) in [5.74, 6) is 0.452. The SMILES string of the molecule is CCC1C(C)C(Nc2ccccc2)c2ccccc2N1C(C)=O. The van der Waals surface area contributed by atoms with E-state index in [1.807, 2.05) is 29.2 Å². The fourth-order valence-corrected chi connectivity index (χ4v) is 3.77. The lowest BCUT2D eigenvalue weighted by Crippen LogP contribution is -2.49. The van der Waals surface area contributed by atoms with E-state index >= 15 is 0 Å². The lowest BCUT2D eigenvalue weighted by atomic mass is 9.81. The number of amides is 1. The van der Waals surface area contributed by atoms with Crippen LogP contribution in [0, 0.1) is 5.92 Å². The fraction of sp³-hybridized carbons (Fsp3) is 0.350. The van der Waals surface area contributed by atoms with E-state index in [1.165, 1.54) is 5.56 Å². The van der Waals surface area contributed by atoms with Gasteiger partial charge < -0.3 is 10.2 Å². The van der Waals surface area contributed by atoms with Gasteiger partial charge in [-0.3, -0.25) is 4.79 Å². The molecule has 0 bridgehead atoms. The van der Waals surface area contributed by atoms with Crippen molar-refractivity contribution < 1.29 is 4.79 Å². The number of nitrogens with zero attached hydrogens (tertiary/aromatic N) is 1. The smallest absolute Gasteiger partial charge is 0.224 e. The summed E-state index contributed by atoms with van der Waals surface area (Å²) in [5.41, 5.74) is 3.35. The van der Waals surface area contributed by atoms with E-state index in [9.17, 15) is 4.79 Å². The normalized spacial score (nSPS) is 23.3. The summed E-state index contributed by atoms with van der Waals surface area (Å²) in [7, 11) is 0. The molecule has 1 heterocycles. The molecular weight excluding hydrogens is 284 g/mol. The van der Waals surface area contributed by atoms with Crippen LogP contribution in [-0.4, -0.2) is 11.9 Å². The second-order valence-electron chi connectivity index (χ2n) is 6.27. The van der Waals surface area contributed by atoms with Crippen LogP contribution >= 0.6 is 0 Å². The first-order chi connectivity index (χ1) is 11.1. The van der Waals surface area contributed by atoms with Gasteiger partial charge in [0.05, 0.1) is 6.04 Å². The quantitative estimate of drug-likeness (QED) is 0.897. The van der Waals surface area contributed by atoms with Gasteiger partial charge >= 0.3 is 0 Å². The zero-order valence-corrected chi connectivity index (χ0v) is 14.0. The molecule has 1 aliphatic heterocycles.